The summed E-state index contributed by atoms with van der Waals surface area (Å²) in [6.07, 6.45) is 5.80. The monoisotopic (exact) mass is 336 g/mol. The predicted octanol–water partition coefficient (Wildman–Crippen LogP) is 1.85. The number of nitrogens with one attached hydrogen (secondary N) is 1. The number of nitrogens with zero attached hydrogens (tertiary/aromatic N) is 1. The van der Waals surface area contributed by atoms with E-state index in [1.165, 1.54) is 21.7 Å². The average Bonchev–Trinajstić information content (AvgIpc) is 2.54. The molecule has 1 aliphatic heterocycles. The van der Waals surface area contributed by atoms with E-state index in [1.54, 1.807) is 0 Å². The molecule has 1 fully saturated rings. The second kappa shape index (κ2) is 6.61. The lowest BCUT2D eigenvalue weighted by Crippen LogP contribution is -2.46. The number of carbonyl (C=O) groups is 1. The highest BCUT2D eigenvalue weighted by Crippen LogP contribution is 2.30. The van der Waals surface area contributed by atoms with Crippen LogP contribution in [0.1, 0.15) is 42.9 Å². The van der Waals surface area contributed by atoms with Crippen molar-refractivity contribution in [2.45, 2.75) is 38.1 Å². The fourth-order valence-electron chi connectivity index (χ4n) is 3.65. The lowest BCUT2D eigenvalue weighted by Gasteiger charge is -2.32. The van der Waals surface area contributed by atoms with Gasteiger partial charge in [0.15, 0.2) is 0 Å². The molecule has 1 saturated heterocycles. The highest BCUT2D eigenvalue weighted by molar-refractivity contribution is 7.88. The first-order valence-corrected chi connectivity index (χ1v) is 10.1. The smallest absolute Gasteiger partial charge is 0.224 e. The highest BCUT2D eigenvalue weighted by atomic mass is 32.2. The van der Waals surface area contributed by atoms with Crippen LogP contribution in [-0.2, 0) is 21.2 Å². The maximum atomic E-state index is 12.6. The van der Waals surface area contributed by atoms with Gasteiger partial charge in [-0.05, 0) is 43.2 Å². The van der Waals surface area contributed by atoms with E-state index in [0.717, 1.165) is 32.1 Å². The van der Waals surface area contributed by atoms with Crippen LogP contribution in [0.5, 0.6) is 0 Å². The molecule has 23 heavy (non-hydrogen) atoms. The Kier molecular flexibility index (Phi) is 4.73. The maximum absolute atomic E-state index is 12.6. The number of hydrogen-bond donors (Lipinski definition) is 1. The molecule has 1 amide bonds. The van der Waals surface area contributed by atoms with Crippen molar-refractivity contribution in [2.24, 2.45) is 5.92 Å². The SMILES string of the molecule is CS(=O)(=O)N1CCC[C@H](C(=O)N[C@H]2CCCc3ccccc32)C1. The van der Waals surface area contributed by atoms with Crippen LogP contribution in [0.4, 0.5) is 0 Å². The zero-order valence-corrected chi connectivity index (χ0v) is 14.3. The van der Waals surface area contributed by atoms with Crippen LogP contribution < -0.4 is 5.32 Å². The number of sulfonamides is 1. The zero-order valence-electron chi connectivity index (χ0n) is 13.5. The third-order valence-corrected chi connectivity index (χ3v) is 6.18. The Morgan fingerprint density at radius 1 is 1.22 bits per heavy atom. The number of rotatable bonds is 3. The van der Waals surface area contributed by atoms with Crippen molar-refractivity contribution in [3.63, 3.8) is 0 Å². The van der Waals surface area contributed by atoms with Gasteiger partial charge in [0.25, 0.3) is 0 Å². The van der Waals surface area contributed by atoms with Crippen LogP contribution in [0.15, 0.2) is 24.3 Å². The van der Waals surface area contributed by atoms with Crippen LogP contribution >= 0.6 is 0 Å². The Balaban J connectivity index is 1.68. The summed E-state index contributed by atoms with van der Waals surface area (Å²) in [4.78, 5) is 12.6. The fourth-order valence-corrected chi connectivity index (χ4v) is 4.56. The summed E-state index contributed by atoms with van der Waals surface area (Å²) < 4.78 is 24.8. The number of benzene rings is 1. The number of carbonyl (C=O) groups excluding carboxylic acids is 1. The van der Waals surface area contributed by atoms with Crippen LogP contribution in [0.3, 0.4) is 0 Å². The highest BCUT2D eigenvalue weighted by Gasteiger charge is 2.32. The largest absolute Gasteiger partial charge is 0.349 e. The van der Waals surface area contributed by atoms with E-state index < -0.39 is 10.0 Å². The Bertz CT molecular complexity index is 687. The molecule has 2 aliphatic rings. The molecular weight excluding hydrogens is 312 g/mol. The first kappa shape index (κ1) is 16.5. The summed E-state index contributed by atoms with van der Waals surface area (Å²) in [5.41, 5.74) is 2.52. The zero-order chi connectivity index (χ0) is 16.4. The van der Waals surface area contributed by atoms with Crippen molar-refractivity contribution in [3.05, 3.63) is 35.4 Å². The van der Waals surface area contributed by atoms with Gasteiger partial charge in [0.05, 0.1) is 18.2 Å². The van der Waals surface area contributed by atoms with E-state index in [1.807, 2.05) is 12.1 Å². The van der Waals surface area contributed by atoms with Crippen molar-refractivity contribution >= 4 is 15.9 Å². The van der Waals surface area contributed by atoms with Gasteiger partial charge in [-0.3, -0.25) is 4.79 Å². The molecule has 2 atom stereocenters. The van der Waals surface area contributed by atoms with Gasteiger partial charge >= 0.3 is 0 Å². The molecule has 0 unspecified atom stereocenters. The first-order valence-electron chi connectivity index (χ1n) is 8.28. The van der Waals surface area contributed by atoms with E-state index in [-0.39, 0.29) is 17.9 Å². The molecule has 1 heterocycles. The fraction of sp³-hybridized carbons (Fsp3) is 0.588. The van der Waals surface area contributed by atoms with E-state index in [9.17, 15) is 13.2 Å². The average molecular weight is 336 g/mol. The molecule has 1 aliphatic carbocycles. The minimum Gasteiger partial charge on any atom is -0.349 e. The van der Waals surface area contributed by atoms with Crippen molar-refractivity contribution in [1.29, 1.82) is 0 Å². The molecule has 126 valence electrons. The molecule has 1 N–H and O–H groups in total. The van der Waals surface area contributed by atoms with Crippen LogP contribution in [0.2, 0.25) is 0 Å². The topological polar surface area (TPSA) is 66.5 Å². The van der Waals surface area contributed by atoms with E-state index in [0.29, 0.717) is 13.1 Å². The van der Waals surface area contributed by atoms with Gasteiger partial charge in [-0.25, -0.2) is 12.7 Å². The van der Waals surface area contributed by atoms with Gasteiger partial charge in [0.1, 0.15) is 0 Å². The van der Waals surface area contributed by atoms with Crippen LogP contribution in [-0.4, -0.2) is 38.0 Å². The molecule has 5 nitrogen and oxygen atoms in total. The van der Waals surface area contributed by atoms with Gasteiger partial charge < -0.3 is 5.32 Å². The van der Waals surface area contributed by atoms with Crippen molar-refractivity contribution in [2.75, 3.05) is 19.3 Å². The lowest BCUT2D eigenvalue weighted by atomic mass is 9.87. The number of amides is 1. The molecule has 1 aromatic rings. The number of hydrogen-bond acceptors (Lipinski definition) is 3. The minimum atomic E-state index is -3.22. The molecule has 0 bridgehead atoms. The molecule has 0 radical (unpaired) electrons. The lowest BCUT2D eigenvalue weighted by molar-refractivity contribution is -0.127. The molecule has 0 aromatic heterocycles. The summed E-state index contributed by atoms with van der Waals surface area (Å²) >= 11 is 0. The van der Waals surface area contributed by atoms with Crippen molar-refractivity contribution in [1.82, 2.24) is 9.62 Å². The van der Waals surface area contributed by atoms with Crippen LogP contribution in [0.25, 0.3) is 0 Å². The predicted molar refractivity (Wildman–Crippen MR) is 89.4 cm³/mol. The standard InChI is InChI=1S/C17H24N2O3S/c1-23(21,22)19-11-5-8-14(12-19)17(20)18-16-10-4-7-13-6-2-3-9-15(13)16/h2-3,6,9,14,16H,4-5,7-8,10-12H2,1H3,(H,18,20)/t14-,16-/m0/s1. The van der Waals surface area contributed by atoms with Gasteiger partial charge in [-0.1, -0.05) is 24.3 Å². The number of aryl methyl sites for hydroxylation is 1. The Hall–Kier alpha value is -1.40. The molecule has 0 spiro atoms. The third-order valence-electron chi connectivity index (χ3n) is 4.91. The normalized spacial score (nSPS) is 25.6. The van der Waals surface area contributed by atoms with Gasteiger partial charge in [-0.15, -0.1) is 0 Å². The third kappa shape index (κ3) is 3.75. The summed E-state index contributed by atoms with van der Waals surface area (Å²) in [7, 11) is -3.22. The maximum Gasteiger partial charge on any atom is 0.224 e. The van der Waals surface area contributed by atoms with Crippen molar-refractivity contribution in [3.8, 4) is 0 Å². The Morgan fingerprint density at radius 3 is 2.78 bits per heavy atom. The summed E-state index contributed by atoms with van der Waals surface area (Å²) in [6.45, 7) is 0.827. The Morgan fingerprint density at radius 2 is 2.00 bits per heavy atom. The second-order valence-electron chi connectivity index (χ2n) is 6.61. The number of piperidine rings is 1. The number of fused-ring (bicyclic) bond motifs is 1. The summed E-state index contributed by atoms with van der Waals surface area (Å²) in [5, 5.41) is 3.16. The minimum absolute atomic E-state index is 0.0138. The molecular formula is C17H24N2O3S. The molecule has 1 aromatic carbocycles. The molecule has 3 rings (SSSR count). The molecule has 0 saturated carbocycles. The van der Waals surface area contributed by atoms with Crippen molar-refractivity contribution < 1.29 is 13.2 Å². The first-order chi connectivity index (χ1) is 10.9. The van der Waals surface area contributed by atoms with E-state index in [4.69, 9.17) is 0 Å². The van der Waals surface area contributed by atoms with Crippen LogP contribution in [0, 0.1) is 5.92 Å². The van der Waals surface area contributed by atoms with E-state index >= 15 is 0 Å². The summed E-state index contributed by atoms with van der Waals surface area (Å²) in [6, 6.07) is 8.31. The Labute approximate surface area is 138 Å². The summed E-state index contributed by atoms with van der Waals surface area (Å²) in [5.74, 6) is -0.257. The quantitative estimate of drug-likeness (QED) is 0.916. The van der Waals surface area contributed by atoms with Gasteiger partial charge in [0.2, 0.25) is 15.9 Å². The van der Waals surface area contributed by atoms with Gasteiger partial charge in [-0.2, -0.15) is 0 Å². The second-order valence-corrected chi connectivity index (χ2v) is 8.59. The van der Waals surface area contributed by atoms with E-state index in [2.05, 4.69) is 17.4 Å². The molecule has 6 heteroatoms. The van der Waals surface area contributed by atoms with Gasteiger partial charge in [0, 0.05) is 13.1 Å².